The summed E-state index contributed by atoms with van der Waals surface area (Å²) in [4.78, 5) is 4.21. The quantitative estimate of drug-likeness (QED) is 0.849. The maximum Gasteiger partial charge on any atom is 0.137 e. The highest BCUT2D eigenvalue weighted by Gasteiger charge is 2.22. The largest absolute Gasteiger partial charge is 0.361 e. The van der Waals surface area contributed by atoms with E-state index < -0.39 is 0 Å². The summed E-state index contributed by atoms with van der Waals surface area (Å²) < 4.78 is 7.41. The van der Waals surface area contributed by atoms with Crippen LogP contribution in [0.1, 0.15) is 28.8 Å². The van der Waals surface area contributed by atoms with Crippen LogP contribution in [0.25, 0.3) is 0 Å². The number of aromatic nitrogens is 3. The van der Waals surface area contributed by atoms with Crippen LogP contribution in [0.5, 0.6) is 0 Å². The lowest BCUT2D eigenvalue weighted by molar-refractivity contribution is 0.389. The number of nitrogens with zero attached hydrogens (tertiary/aromatic N) is 3. The van der Waals surface area contributed by atoms with E-state index in [1.54, 1.807) is 0 Å². The zero-order valence-corrected chi connectivity index (χ0v) is 10.1. The van der Waals surface area contributed by atoms with Crippen molar-refractivity contribution in [2.24, 2.45) is 0 Å². The van der Waals surface area contributed by atoms with Gasteiger partial charge in [0, 0.05) is 24.8 Å². The number of imidazole rings is 1. The molecule has 2 aromatic rings. The smallest absolute Gasteiger partial charge is 0.137 e. The number of nitrogens with one attached hydrogen (secondary N) is 1. The van der Waals surface area contributed by atoms with Crippen LogP contribution >= 0.6 is 0 Å². The molecule has 1 N–H and O–H groups in total. The van der Waals surface area contributed by atoms with Crippen molar-refractivity contribution in [3.8, 4) is 0 Å². The van der Waals surface area contributed by atoms with Gasteiger partial charge in [0.1, 0.15) is 5.76 Å². The van der Waals surface area contributed by atoms with Crippen molar-refractivity contribution in [2.45, 2.75) is 32.9 Å². The van der Waals surface area contributed by atoms with Crippen molar-refractivity contribution in [2.75, 3.05) is 6.54 Å². The molecule has 3 heterocycles. The van der Waals surface area contributed by atoms with E-state index in [0.29, 0.717) is 6.04 Å². The van der Waals surface area contributed by atoms with Crippen LogP contribution in [0.2, 0.25) is 0 Å². The van der Waals surface area contributed by atoms with E-state index in [0.717, 1.165) is 31.0 Å². The van der Waals surface area contributed by atoms with Crippen LogP contribution in [0.4, 0.5) is 0 Å². The molecule has 90 valence electrons. The van der Waals surface area contributed by atoms with Crippen molar-refractivity contribution in [1.82, 2.24) is 20.0 Å². The summed E-state index contributed by atoms with van der Waals surface area (Å²) in [5, 5.41) is 7.52. The van der Waals surface area contributed by atoms with Gasteiger partial charge in [-0.05, 0) is 20.3 Å². The van der Waals surface area contributed by atoms with Crippen molar-refractivity contribution < 1.29 is 4.52 Å². The summed E-state index contributed by atoms with van der Waals surface area (Å²) in [6.45, 7) is 5.94. The second-order valence-electron chi connectivity index (χ2n) is 4.53. The average molecular weight is 232 g/mol. The van der Waals surface area contributed by atoms with Crippen LogP contribution in [-0.4, -0.2) is 21.3 Å². The highest BCUT2D eigenvalue weighted by Crippen LogP contribution is 2.24. The standard InChI is InChI=1S/C12H16N4O/c1-8-10(9(2)17-15-8)5-11-12-6-13-7-16(12)4-3-14-11/h6-7,11,14H,3-5H2,1-2H3. The van der Waals surface area contributed by atoms with E-state index in [-0.39, 0.29) is 0 Å². The Morgan fingerprint density at radius 1 is 1.53 bits per heavy atom. The Labute approximate surface area is 99.8 Å². The van der Waals surface area contributed by atoms with Gasteiger partial charge in [-0.25, -0.2) is 4.98 Å². The van der Waals surface area contributed by atoms with Gasteiger partial charge in [-0.3, -0.25) is 0 Å². The second-order valence-corrected chi connectivity index (χ2v) is 4.53. The van der Waals surface area contributed by atoms with Crippen LogP contribution < -0.4 is 5.32 Å². The molecule has 0 amide bonds. The van der Waals surface area contributed by atoms with Crippen molar-refractivity contribution in [1.29, 1.82) is 0 Å². The molecule has 0 saturated heterocycles. The van der Waals surface area contributed by atoms with Gasteiger partial charge >= 0.3 is 0 Å². The van der Waals surface area contributed by atoms with Gasteiger partial charge in [0.25, 0.3) is 0 Å². The zero-order valence-electron chi connectivity index (χ0n) is 10.1. The third kappa shape index (κ3) is 1.76. The normalized spacial score (nSPS) is 19.3. The minimum Gasteiger partial charge on any atom is -0.361 e. The minimum atomic E-state index is 0.308. The van der Waals surface area contributed by atoms with Crippen molar-refractivity contribution in [3.63, 3.8) is 0 Å². The molecule has 1 aliphatic rings. The molecule has 0 saturated carbocycles. The molecule has 1 atom stereocenters. The fourth-order valence-corrected chi connectivity index (χ4v) is 2.45. The predicted molar refractivity (Wildman–Crippen MR) is 62.7 cm³/mol. The van der Waals surface area contributed by atoms with Gasteiger partial charge in [-0.15, -0.1) is 0 Å². The predicted octanol–water partition coefficient (Wildman–Crippen LogP) is 1.37. The first-order valence-electron chi connectivity index (χ1n) is 5.91. The molecule has 5 nitrogen and oxygen atoms in total. The Morgan fingerprint density at radius 3 is 3.18 bits per heavy atom. The lowest BCUT2D eigenvalue weighted by atomic mass is 10.0. The molecule has 3 rings (SSSR count). The van der Waals surface area contributed by atoms with Crippen molar-refractivity contribution >= 4 is 0 Å². The SMILES string of the molecule is Cc1noc(C)c1CC1NCCn2cncc21. The summed E-state index contributed by atoms with van der Waals surface area (Å²) >= 11 is 0. The van der Waals surface area contributed by atoms with Crippen LogP contribution in [0.3, 0.4) is 0 Å². The Morgan fingerprint density at radius 2 is 2.41 bits per heavy atom. The average Bonchev–Trinajstić information content (AvgIpc) is 2.91. The summed E-state index contributed by atoms with van der Waals surface area (Å²) in [7, 11) is 0. The van der Waals surface area contributed by atoms with E-state index in [2.05, 4.69) is 20.0 Å². The fraction of sp³-hybridized carbons (Fsp3) is 0.500. The van der Waals surface area contributed by atoms with Gasteiger partial charge in [0.15, 0.2) is 0 Å². The van der Waals surface area contributed by atoms with E-state index in [1.165, 1.54) is 11.3 Å². The lowest BCUT2D eigenvalue weighted by Gasteiger charge is -2.25. The number of hydrogen-bond acceptors (Lipinski definition) is 4. The summed E-state index contributed by atoms with van der Waals surface area (Å²) in [6.07, 6.45) is 4.75. The molecule has 0 aliphatic carbocycles. The molecule has 1 aliphatic heterocycles. The molecule has 0 radical (unpaired) electrons. The zero-order chi connectivity index (χ0) is 11.8. The molecular formula is C12H16N4O. The molecule has 0 spiro atoms. The first-order valence-corrected chi connectivity index (χ1v) is 5.91. The second kappa shape index (κ2) is 4.00. The van der Waals surface area contributed by atoms with Gasteiger partial charge in [-0.2, -0.15) is 0 Å². The maximum absolute atomic E-state index is 5.21. The van der Waals surface area contributed by atoms with E-state index in [4.69, 9.17) is 4.52 Å². The Hall–Kier alpha value is -1.62. The molecule has 1 unspecified atom stereocenters. The minimum absolute atomic E-state index is 0.308. The fourth-order valence-electron chi connectivity index (χ4n) is 2.45. The molecule has 17 heavy (non-hydrogen) atoms. The van der Waals surface area contributed by atoms with E-state index >= 15 is 0 Å². The summed E-state index contributed by atoms with van der Waals surface area (Å²) in [6, 6.07) is 0.308. The topological polar surface area (TPSA) is 55.9 Å². The Balaban J connectivity index is 1.89. The highest BCUT2D eigenvalue weighted by atomic mass is 16.5. The van der Waals surface area contributed by atoms with Crippen LogP contribution in [-0.2, 0) is 13.0 Å². The molecule has 0 bridgehead atoms. The summed E-state index contributed by atoms with van der Waals surface area (Å²) in [5.74, 6) is 0.918. The molecule has 5 heteroatoms. The van der Waals surface area contributed by atoms with Gasteiger partial charge < -0.3 is 14.4 Å². The summed E-state index contributed by atoms with van der Waals surface area (Å²) in [5.41, 5.74) is 3.44. The van der Waals surface area contributed by atoms with Crippen molar-refractivity contribution in [3.05, 3.63) is 35.2 Å². The third-order valence-electron chi connectivity index (χ3n) is 3.43. The molecular weight excluding hydrogens is 216 g/mol. The molecule has 0 fully saturated rings. The van der Waals surface area contributed by atoms with Gasteiger partial charge in [0.2, 0.25) is 0 Å². The van der Waals surface area contributed by atoms with E-state index in [1.807, 2.05) is 26.4 Å². The van der Waals surface area contributed by atoms with E-state index in [9.17, 15) is 0 Å². The third-order valence-corrected chi connectivity index (χ3v) is 3.43. The number of rotatable bonds is 2. The number of fused-ring (bicyclic) bond motifs is 1. The Bertz CT molecular complexity index is 509. The monoisotopic (exact) mass is 232 g/mol. The van der Waals surface area contributed by atoms with Gasteiger partial charge in [-0.1, -0.05) is 5.16 Å². The first-order chi connectivity index (χ1) is 8.25. The number of aryl methyl sites for hydroxylation is 2. The van der Waals surface area contributed by atoms with Crippen LogP contribution in [0, 0.1) is 13.8 Å². The molecule has 0 aromatic carbocycles. The highest BCUT2D eigenvalue weighted by molar-refractivity contribution is 5.24. The maximum atomic E-state index is 5.21. The van der Waals surface area contributed by atoms with Gasteiger partial charge in [0.05, 0.1) is 23.8 Å². The van der Waals surface area contributed by atoms with Crippen LogP contribution in [0.15, 0.2) is 17.0 Å². The number of hydrogen-bond donors (Lipinski definition) is 1. The molecule has 2 aromatic heterocycles. The first kappa shape index (κ1) is 10.5. The lowest BCUT2D eigenvalue weighted by Crippen LogP contribution is -2.34. The Kier molecular flexibility index (Phi) is 2.48.